The number of nitrogens with one attached hydrogen (secondary N) is 1. The Morgan fingerprint density at radius 1 is 1.18 bits per heavy atom. The summed E-state index contributed by atoms with van der Waals surface area (Å²) in [6.45, 7) is 3.13. The van der Waals surface area contributed by atoms with E-state index >= 15 is 0 Å². The van der Waals surface area contributed by atoms with Gasteiger partial charge in [0.2, 0.25) is 0 Å². The molecule has 0 aromatic carbocycles. The summed E-state index contributed by atoms with van der Waals surface area (Å²) >= 11 is 0. The Kier molecular flexibility index (Phi) is 6.06. The number of alkyl halides is 3. The van der Waals surface area contributed by atoms with Gasteiger partial charge in [0.05, 0.1) is 5.56 Å². The van der Waals surface area contributed by atoms with Crippen molar-refractivity contribution in [3.63, 3.8) is 0 Å². The average molecular weight is 358 g/mol. The van der Waals surface area contributed by atoms with Gasteiger partial charge >= 0.3 is 6.18 Å². The van der Waals surface area contributed by atoms with E-state index in [2.05, 4.69) is 10.3 Å². The zero-order chi connectivity index (χ0) is 14.3. The number of carbonyl (C=O) groups excluding carboxylic acids is 1. The molecule has 2 aliphatic rings. The van der Waals surface area contributed by atoms with Crippen molar-refractivity contribution in [2.45, 2.75) is 6.18 Å². The number of carbonyl (C=O) groups is 1. The Morgan fingerprint density at radius 3 is 2.23 bits per heavy atom. The number of likely N-dealkylation sites (tertiary alicyclic amines) is 1. The van der Waals surface area contributed by atoms with Gasteiger partial charge in [0.15, 0.2) is 0 Å². The van der Waals surface area contributed by atoms with Gasteiger partial charge in [-0.3, -0.25) is 9.78 Å². The molecule has 2 fully saturated rings. The van der Waals surface area contributed by atoms with E-state index in [0.717, 1.165) is 25.4 Å². The van der Waals surface area contributed by atoms with E-state index in [0.29, 0.717) is 24.9 Å². The Hall–Kier alpha value is -1.05. The fourth-order valence-electron chi connectivity index (χ4n) is 2.89. The van der Waals surface area contributed by atoms with Crippen molar-refractivity contribution in [1.29, 1.82) is 0 Å². The number of amides is 1. The molecule has 2 atom stereocenters. The van der Waals surface area contributed by atoms with Gasteiger partial charge in [-0.05, 0) is 24.0 Å². The van der Waals surface area contributed by atoms with E-state index in [-0.39, 0.29) is 36.3 Å². The van der Waals surface area contributed by atoms with E-state index in [1.807, 2.05) is 0 Å². The topological polar surface area (TPSA) is 45.2 Å². The zero-order valence-electron chi connectivity index (χ0n) is 11.5. The van der Waals surface area contributed by atoms with Crippen molar-refractivity contribution in [2.24, 2.45) is 11.8 Å². The van der Waals surface area contributed by atoms with Crippen molar-refractivity contribution < 1.29 is 18.0 Å². The summed E-state index contributed by atoms with van der Waals surface area (Å²) in [6, 6.07) is 2.05. The summed E-state index contributed by atoms with van der Waals surface area (Å²) in [7, 11) is 0. The SMILES string of the molecule is Cl.Cl.O=C(c1ccc(C(F)(F)F)nc1)N1C[C@H]2CNC[C@H]2C1. The van der Waals surface area contributed by atoms with Crippen molar-refractivity contribution in [3.05, 3.63) is 29.6 Å². The van der Waals surface area contributed by atoms with Crippen LogP contribution in [0.4, 0.5) is 13.2 Å². The smallest absolute Gasteiger partial charge is 0.338 e. The summed E-state index contributed by atoms with van der Waals surface area (Å²) in [5.74, 6) is 0.684. The van der Waals surface area contributed by atoms with E-state index in [4.69, 9.17) is 0 Å². The predicted molar refractivity (Wildman–Crippen MR) is 79.5 cm³/mol. The Balaban J connectivity index is 0.00000121. The molecule has 22 heavy (non-hydrogen) atoms. The fraction of sp³-hybridized carbons (Fsp3) is 0.538. The number of fused-ring (bicyclic) bond motifs is 1. The minimum Gasteiger partial charge on any atom is -0.338 e. The molecule has 1 N–H and O–H groups in total. The zero-order valence-corrected chi connectivity index (χ0v) is 13.1. The molecule has 0 saturated carbocycles. The number of rotatable bonds is 1. The first kappa shape index (κ1) is 19.0. The van der Waals surface area contributed by atoms with Gasteiger partial charge in [0, 0.05) is 32.4 Å². The molecule has 0 spiro atoms. The maximum absolute atomic E-state index is 12.4. The molecule has 1 aromatic rings. The van der Waals surface area contributed by atoms with Crippen LogP contribution in [0.5, 0.6) is 0 Å². The van der Waals surface area contributed by atoms with Crippen molar-refractivity contribution in [1.82, 2.24) is 15.2 Å². The highest BCUT2D eigenvalue weighted by Gasteiger charge is 2.38. The number of nitrogens with zero attached hydrogens (tertiary/aromatic N) is 2. The molecular formula is C13H16Cl2F3N3O. The number of hydrogen-bond donors (Lipinski definition) is 1. The quantitative estimate of drug-likeness (QED) is 0.838. The first-order valence-corrected chi connectivity index (χ1v) is 6.48. The molecule has 4 nitrogen and oxygen atoms in total. The lowest BCUT2D eigenvalue weighted by Gasteiger charge is -2.17. The van der Waals surface area contributed by atoms with Crippen molar-refractivity contribution in [3.8, 4) is 0 Å². The molecule has 9 heteroatoms. The summed E-state index contributed by atoms with van der Waals surface area (Å²) in [5.41, 5.74) is -0.762. The Bertz CT molecular complexity index is 512. The van der Waals surface area contributed by atoms with Gasteiger partial charge in [-0.15, -0.1) is 24.8 Å². The summed E-state index contributed by atoms with van der Waals surface area (Å²) in [5, 5.41) is 3.27. The molecule has 2 saturated heterocycles. The van der Waals surface area contributed by atoms with Gasteiger partial charge in [-0.2, -0.15) is 13.2 Å². The summed E-state index contributed by atoms with van der Waals surface area (Å²) < 4.78 is 37.2. The minimum absolute atomic E-state index is 0. The van der Waals surface area contributed by atoms with Gasteiger partial charge in [0.25, 0.3) is 5.91 Å². The van der Waals surface area contributed by atoms with E-state index in [9.17, 15) is 18.0 Å². The Morgan fingerprint density at radius 2 is 1.77 bits per heavy atom. The van der Waals surface area contributed by atoms with Gasteiger partial charge < -0.3 is 10.2 Å². The first-order valence-electron chi connectivity index (χ1n) is 6.48. The lowest BCUT2D eigenvalue weighted by molar-refractivity contribution is -0.141. The van der Waals surface area contributed by atoms with Crippen LogP contribution in [0.3, 0.4) is 0 Å². The molecule has 0 bridgehead atoms. The van der Waals surface area contributed by atoms with Crippen LogP contribution in [-0.4, -0.2) is 42.0 Å². The van der Waals surface area contributed by atoms with Gasteiger partial charge in [-0.1, -0.05) is 0 Å². The van der Waals surface area contributed by atoms with Crippen molar-refractivity contribution >= 4 is 30.7 Å². The second-order valence-electron chi connectivity index (χ2n) is 5.32. The highest BCUT2D eigenvalue weighted by molar-refractivity contribution is 5.94. The van der Waals surface area contributed by atoms with Crippen molar-refractivity contribution in [2.75, 3.05) is 26.2 Å². The Labute approximate surface area is 138 Å². The molecule has 0 radical (unpaired) electrons. The third-order valence-electron chi connectivity index (χ3n) is 3.98. The van der Waals surface area contributed by atoms with Crippen LogP contribution in [0.2, 0.25) is 0 Å². The lowest BCUT2D eigenvalue weighted by Crippen LogP contribution is -2.32. The number of halogens is 5. The van der Waals surface area contributed by atoms with Crippen LogP contribution in [0.15, 0.2) is 18.3 Å². The second-order valence-corrected chi connectivity index (χ2v) is 5.32. The summed E-state index contributed by atoms with van der Waals surface area (Å²) in [4.78, 5) is 17.3. The standard InChI is InChI=1S/C13H14F3N3O.2ClH/c14-13(15,16)11-2-1-8(5-18-11)12(20)19-6-9-3-17-4-10(9)7-19;;/h1-2,5,9-10,17H,3-4,6-7H2;2*1H/t9-,10+;;. The minimum atomic E-state index is -4.47. The van der Waals surface area contributed by atoms with E-state index in [1.54, 1.807) is 4.90 Å². The number of hydrogen-bond acceptors (Lipinski definition) is 3. The predicted octanol–water partition coefficient (Wildman–Crippen LogP) is 2.24. The third kappa shape index (κ3) is 3.64. The normalized spacial score (nSPS) is 23.5. The van der Waals surface area contributed by atoms with Crippen LogP contribution in [0.1, 0.15) is 16.1 Å². The maximum atomic E-state index is 12.4. The number of aromatic nitrogens is 1. The second kappa shape index (κ2) is 7.02. The monoisotopic (exact) mass is 357 g/mol. The molecule has 3 heterocycles. The first-order chi connectivity index (χ1) is 9.45. The average Bonchev–Trinajstić information content (AvgIpc) is 2.97. The molecular weight excluding hydrogens is 342 g/mol. The largest absolute Gasteiger partial charge is 0.433 e. The molecule has 0 unspecified atom stereocenters. The molecule has 2 aliphatic heterocycles. The highest BCUT2D eigenvalue weighted by Crippen LogP contribution is 2.29. The van der Waals surface area contributed by atoms with Crippen LogP contribution in [0.25, 0.3) is 0 Å². The van der Waals surface area contributed by atoms with Crippen LogP contribution < -0.4 is 5.32 Å². The number of pyridine rings is 1. The molecule has 1 aromatic heterocycles. The molecule has 3 rings (SSSR count). The molecule has 0 aliphatic carbocycles. The van der Waals surface area contributed by atoms with E-state index in [1.165, 1.54) is 6.07 Å². The third-order valence-corrected chi connectivity index (χ3v) is 3.98. The summed E-state index contributed by atoms with van der Waals surface area (Å²) in [6.07, 6.45) is -3.46. The fourth-order valence-corrected chi connectivity index (χ4v) is 2.89. The van der Waals surface area contributed by atoms with Gasteiger partial charge in [0.1, 0.15) is 5.69 Å². The van der Waals surface area contributed by atoms with Gasteiger partial charge in [-0.25, -0.2) is 0 Å². The van der Waals surface area contributed by atoms with Crippen LogP contribution in [0, 0.1) is 11.8 Å². The molecule has 124 valence electrons. The van der Waals surface area contributed by atoms with Crippen LogP contribution >= 0.6 is 24.8 Å². The molecule has 1 amide bonds. The highest BCUT2D eigenvalue weighted by atomic mass is 35.5. The van der Waals surface area contributed by atoms with E-state index < -0.39 is 11.9 Å². The maximum Gasteiger partial charge on any atom is 0.433 e. The lowest BCUT2D eigenvalue weighted by atomic mass is 10.0. The van der Waals surface area contributed by atoms with Crippen LogP contribution in [-0.2, 0) is 6.18 Å².